The Labute approximate surface area is 120 Å². The molecule has 0 aromatic heterocycles. The van der Waals surface area contributed by atoms with Crippen LogP contribution < -0.4 is 10.1 Å². The van der Waals surface area contributed by atoms with E-state index in [1.54, 1.807) is 0 Å². The number of aryl methyl sites for hydroxylation is 2. The number of ether oxygens (including phenoxy) is 1. The first-order chi connectivity index (χ1) is 9.11. The molecule has 0 radical (unpaired) electrons. The molecule has 3 atom stereocenters. The van der Waals surface area contributed by atoms with Gasteiger partial charge in [-0.25, -0.2) is 0 Å². The predicted molar refractivity (Wildman–Crippen MR) is 79.1 cm³/mol. The van der Waals surface area contributed by atoms with Crippen molar-refractivity contribution in [2.45, 2.75) is 64.1 Å². The molecule has 1 aromatic rings. The normalized spacial score (nSPS) is 30.2. The van der Waals surface area contributed by atoms with E-state index in [2.05, 4.69) is 17.4 Å². The minimum atomic E-state index is 0.358. The third kappa shape index (κ3) is 2.90. The largest absolute Gasteiger partial charge is 0.490 e. The van der Waals surface area contributed by atoms with Gasteiger partial charge >= 0.3 is 0 Å². The van der Waals surface area contributed by atoms with Crippen LogP contribution in [-0.2, 0) is 0 Å². The van der Waals surface area contributed by atoms with Gasteiger partial charge in [-0.3, -0.25) is 0 Å². The summed E-state index contributed by atoms with van der Waals surface area (Å²) in [5, 5.41) is 4.56. The number of fused-ring (bicyclic) bond motifs is 2. The molecule has 0 aliphatic carbocycles. The van der Waals surface area contributed by atoms with Crippen LogP contribution in [0.3, 0.4) is 0 Å². The van der Waals surface area contributed by atoms with Crippen molar-refractivity contribution in [2.24, 2.45) is 0 Å². The molecular weight excluding hydrogens is 258 g/mol. The first-order valence-electron chi connectivity index (χ1n) is 7.31. The Morgan fingerprint density at radius 2 is 1.68 bits per heavy atom. The monoisotopic (exact) mass is 279 g/mol. The summed E-state index contributed by atoms with van der Waals surface area (Å²) >= 11 is 6.20. The molecular formula is C16H22ClNO. The molecule has 1 aromatic carbocycles. The van der Waals surface area contributed by atoms with Gasteiger partial charge in [0, 0.05) is 17.1 Å². The van der Waals surface area contributed by atoms with E-state index < -0.39 is 0 Å². The number of rotatable bonds is 2. The zero-order valence-corrected chi connectivity index (χ0v) is 12.5. The second-order valence-electron chi connectivity index (χ2n) is 6.07. The van der Waals surface area contributed by atoms with E-state index in [1.165, 1.54) is 19.3 Å². The summed E-state index contributed by atoms with van der Waals surface area (Å²) in [6.07, 6.45) is 6.60. The van der Waals surface area contributed by atoms with Crippen LogP contribution in [0.4, 0.5) is 0 Å². The maximum Gasteiger partial charge on any atom is 0.120 e. The van der Waals surface area contributed by atoms with Gasteiger partial charge in [-0.05, 0) is 62.8 Å². The Morgan fingerprint density at radius 1 is 1.11 bits per heavy atom. The number of benzene rings is 1. The number of halogens is 1. The van der Waals surface area contributed by atoms with Crippen molar-refractivity contribution < 1.29 is 4.74 Å². The van der Waals surface area contributed by atoms with Crippen molar-refractivity contribution in [3.63, 3.8) is 0 Å². The average Bonchev–Trinajstić information content (AvgIpc) is 2.35. The maximum atomic E-state index is 6.21. The van der Waals surface area contributed by atoms with Crippen molar-refractivity contribution in [1.82, 2.24) is 5.32 Å². The van der Waals surface area contributed by atoms with E-state index in [9.17, 15) is 0 Å². The second-order valence-corrected chi connectivity index (χ2v) is 6.45. The smallest absolute Gasteiger partial charge is 0.120 e. The van der Waals surface area contributed by atoms with E-state index in [0.717, 1.165) is 34.7 Å². The van der Waals surface area contributed by atoms with E-state index in [-0.39, 0.29) is 0 Å². The molecule has 3 rings (SSSR count). The number of nitrogens with one attached hydrogen (secondary N) is 1. The zero-order valence-electron chi connectivity index (χ0n) is 11.7. The lowest BCUT2D eigenvalue weighted by Crippen LogP contribution is -2.51. The SMILES string of the molecule is Cc1cc(OC2C[C@H]3CCC[C@@H](C2)N3)cc(C)c1Cl. The summed E-state index contributed by atoms with van der Waals surface area (Å²) in [5.74, 6) is 0.976. The van der Waals surface area contributed by atoms with Crippen molar-refractivity contribution in [2.75, 3.05) is 0 Å². The lowest BCUT2D eigenvalue weighted by molar-refractivity contribution is 0.0926. The summed E-state index contributed by atoms with van der Waals surface area (Å²) in [5.41, 5.74) is 2.21. The highest BCUT2D eigenvalue weighted by atomic mass is 35.5. The van der Waals surface area contributed by atoms with Gasteiger partial charge < -0.3 is 10.1 Å². The average molecular weight is 280 g/mol. The number of hydrogen-bond acceptors (Lipinski definition) is 2. The standard InChI is InChI=1S/C16H22ClNO/c1-10-6-14(7-11(2)16(10)17)19-15-8-12-4-3-5-13(9-15)18-12/h6-7,12-13,15,18H,3-5,8-9H2,1-2H3/t12-,13+,15?. The summed E-state index contributed by atoms with van der Waals surface area (Å²) < 4.78 is 6.21. The highest BCUT2D eigenvalue weighted by Crippen LogP contribution is 2.31. The molecule has 19 heavy (non-hydrogen) atoms. The molecule has 0 amide bonds. The minimum absolute atomic E-state index is 0.358. The maximum absolute atomic E-state index is 6.21. The third-order valence-corrected chi connectivity index (χ3v) is 4.98. The molecule has 0 spiro atoms. The van der Waals surface area contributed by atoms with Crippen LogP contribution >= 0.6 is 11.6 Å². The lowest BCUT2D eigenvalue weighted by atomic mass is 9.85. The van der Waals surface area contributed by atoms with E-state index in [0.29, 0.717) is 18.2 Å². The van der Waals surface area contributed by atoms with Crippen molar-refractivity contribution in [1.29, 1.82) is 0 Å². The van der Waals surface area contributed by atoms with Crippen LogP contribution in [-0.4, -0.2) is 18.2 Å². The zero-order chi connectivity index (χ0) is 13.4. The Morgan fingerprint density at radius 3 is 2.26 bits per heavy atom. The summed E-state index contributed by atoms with van der Waals surface area (Å²) in [6.45, 7) is 4.08. The molecule has 2 nitrogen and oxygen atoms in total. The molecule has 1 N–H and O–H groups in total. The second kappa shape index (κ2) is 5.34. The summed E-state index contributed by atoms with van der Waals surface area (Å²) in [6, 6.07) is 5.44. The molecule has 2 aliphatic rings. The minimum Gasteiger partial charge on any atom is -0.490 e. The van der Waals surface area contributed by atoms with E-state index in [4.69, 9.17) is 16.3 Å². The lowest BCUT2D eigenvalue weighted by Gasteiger charge is -2.40. The van der Waals surface area contributed by atoms with Crippen LogP contribution in [0, 0.1) is 13.8 Å². The van der Waals surface area contributed by atoms with Crippen molar-refractivity contribution in [3.8, 4) is 5.75 Å². The van der Waals surface area contributed by atoms with Crippen LogP contribution in [0.15, 0.2) is 12.1 Å². The van der Waals surface area contributed by atoms with Crippen LogP contribution in [0.25, 0.3) is 0 Å². The van der Waals surface area contributed by atoms with Crippen LogP contribution in [0.1, 0.15) is 43.2 Å². The molecule has 2 aliphatic heterocycles. The molecule has 2 saturated heterocycles. The van der Waals surface area contributed by atoms with Gasteiger partial charge in [0.1, 0.15) is 11.9 Å². The van der Waals surface area contributed by atoms with Gasteiger partial charge in [-0.15, -0.1) is 0 Å². The fourth-order valence-corrected chi connectivity index (χ4v) is 3.59. The van der Waals surface area contributed by atoms with Crippen molar-refractivity contribution in [3.05, 3.63) is 28.3 Å². The van der Waals surface area contributed by atoms with Gasteiger partial charge in [-0.1, -0.05) is 18.0 Å². The predicted octanol–water partition coefficient (Wildman–Crippen LogP) is 4.01. The molecule has 2 heterocycles. The van der Waals surface area contributed by atoms with Crippen LogP contribution in [0.2, 0.25) is 5.02 Å². The number of hydrogen-bond donors (Lipinski definition) is 1. The van der Waals surface area contributed by atoms with Gasteiger partial charge in [-0.2, -0.15) is 0 Å². The van der Waals surface area contributed by atoms with E-state index in [1.807, 2.05) is 13.8 Å². The topological polar surface area (TPSA) is 21.3 Å². The first kappa shape index (κ1) is 13.3. The Balaban J connectivity index is 1.71. The van der Waals surface area contributed by atoms with Gasteiger partial charge in [0.05, 0.1) is 0 Å². The third-order valence-electron chi connectivity index (χ3n) is 4.38. The molecule has 2 bridgehead atoms. The fourth-order valence-electron chi connectivity index (χ4n) is 3.48. The summed E-state index contributed by atoms with van der Waals surface area (Å²) in [4.78, 5) is 0. The number of piperidine rings is 2. The molecule has 2 fully saturated rings. The van der Waals surface area contributed by atoms with Crippen LogP contribution in [0.5, 0.6) is 5.75 Å². The van der Waals surface area contributed by atoms with E-state index >= 15 is 0 Å². The first-order valence-corrected chi connectivity index (χ1v) is 7.69. The van der Waals surface area contributed by atoms with Gasteiger partial charge in [0.25, 0.3) is 0 Å². The molecule has 0 saturated carbocycles. The highest BCUT2D eigenvalue weighted by Gasteiger charge is 2.32. The Hall–Kier alpha value is -0.730. The molecule has 3 heteroatoms. The molecule has 104 valence electrons. The quantitative estimate of drug-likeness (QED) is 0.883. The molecule has 1 unspecified atom stereocenters. The Kier molecular flexibility index (Phi) is 3.72. The fraction of sp³-hybridized carbons (Fsp3) is 0.625. The summed E-state index contributed by atoms with van der Waals surface area (Å²) in [7, 11) is 0. The van der Waals surface area contributed by atoms with Gasteiger partial charge in [0.2, 0.25) is 0 Å². The Bertz CT molecular complexity index is 439. The van der Waals surface area contributed by atoms with Gasteiger partial charge in [0.15, 0.2) is 0 Å². The van der Waals surface area contributed by atoms with Crippen molar-refractivity contribution >= 4 is 11.6 Å². The highest BCUT2D eigenvalue weighted by molar-refractivity contribution is 6.32.